The maximum atomic E-state index is 11.8. The molecule has 1 fully saturated rings. The van der Waals surface area contributed by atoms with Crippen molar-refractivity contribution >= 4 is 17.4 Å². The van der Waals surface area contributed by atoms with Crippen molar-refractivity contribution in [1.29, 1.82) is 0 Å². The summed E-state index contributed by atoms with van der Waals surface area (Å²) >= 11 is 0. The number of hydrogen-bond donors (Lipinski definition) is 0. The highest BCUT2D eigenvalue weighted by Gasteiger charge is 2.47. The number of benzene rings is 1. The molecule has 17 heavy (non-hydrogen) atoms. The molecule has 0 aromatic heterocycles. The minimum absolute atomic E-state index is 0.00429. The van der Waals surface area contributed by atoms with Gasteiger partial charge in [0.25, 0.3) is 0 Å². The van der Waals surface area contributed by atoms with Gasteiger partial charge in [0.15, 0.2) is 5.78 Å². The molecule has 0 N–H and O–H groups in total. The summed E-state index contributed by atoms with van der Waals surface area (Å²) in [6.07, 6.45) is 0. The Morgan fingerprint density at radius 1 is 1.29 bits per heavy atom. The number of amides is 1. The van der Waals surface area contributed by atoms with E-state index in [9.17, 15) is 9.59 Å². The largest absolute Gasteiger partial charge is 0.497 e. The monoisotopic (exact) mass is 233 g/mol. The van der Waals surface area contributed by atoms with Crippen LogP contribution in [0.25, 0.3) is 0 Å². The molecule has 2 rings (SSSR count). The first-order valence-corrected chi connectivity index (χ1v) is 5.54. The molecule has 0 unspecified atom stereocenters. The fraction of sp³-hybridized carbons (Fsp3) is 0.385. The molecule has 4 nitrogen and oxygen atoms in total. The van der Waals surface area contributed by atoms with Crippen molar-refractivity contribution in [3.8, 4) is 5.75 Å². The smallest absolute Gasteiger partial charge is 0.233 e. The normalized spacial score (nSPS) is 23.2. The van der Waals surface area contributed by atoms with E-state index in [0.717, 1.165) is 11.4 Å². The summed E-state index contributed by atoms with van der Waals surface area (Å²) in [5.41, 5.74) is 0.745. The number of Topliss-reactive ketones (excluding diaryl/α,β-unsaturated/α-hetero) is 1. The van der Waals surface area contributed by atoms with Crippen molar-refractivity contribution in [2.75, 3.05) is 12.0 Å². The molecule has 90 valence electrons. The third-order valence-corrected chi connectivity index (χ3v) is 3.15. The van der Waals surface area contributed by atoms with Gasteiger partial charge in [-0.05, 0) is 31.2 Å². The van der Waals surface area contributed by atoms with E-state index in [2.05, 4.69) is 0 Å². The van der Waals surface area contributed by atoms with Crippen LogP contribution in [-0.2, 0) is 9.59 Å². The van der Waals surface area contributed by atoms with Crippen molar-refractivity contribution in [2.45, 2.75) is 19.9 Å². The maximum Gasteiger partial charge on any atom is 0.233 e. The molecule has 1 amide bonds. The summed E-state index contributed by atoms with van der Waals surface area (Å²) in [6.45, 7) is 3.30. The van der Waals surface area contributed by atoms with Gasteiger partial charge in [-0.1, -0.05) is 6.92 Å². The zero-order valence-corrected chi connectivity index (χ0v) is 10.1. The number of nitrogens with zero attached hydrogens (tertiary/aromatic N) is 1. The van der Waals surface area contributed by atoms with Crippen LogP contribution >= 0.6 is 0 Å². The third kappa shape index (κ3) is 1.79. The van der Waals surface area contributed by atoms with E-state index in [-0.39, 0.29) is 23.7 Å². The quantitative estimate of drug-likeness (QED) is 0.745. The van der Waals surface area contributed by atoms with Crippen molar-refractivity contribution in [1.82, 2.24) is 0 Å². The van der Waals surface area contributed by atoms with E-state index in [1.807, 2.05) is 0 Å². The average Bonchev–Trinajstić information content (AvgIpc) is 2.34. The second-order valence-corrected chi connectivity index (χ2v) is 4.25. The first-order valence-electron chi connectivity index (χ1n) is 5.54. The second kappa shape index (κ2) is 4.20. The van der Waals surface area contributed by atoms with Gasteiger partial charge in [0, 0.05) is 5.69 Å². The van der Waals surface area contributed by atoms with Gasteiger partial charge in [-0.25, -0.2) is 0 Å². The molecular formula is C13H15NO3. The molecule has 1 heterocycles. The van der Waals surface area contributed by atoms with Gasteiger partial charge in [0.2, 0.25) is 5.91 Å². The average molecular weight is 233 g/mol. The van der Waals surface area contributed by atoms with Gasteiger partial charge in [0.05, 0.1) is 13.0 Å². The number of anilines is 1. The summed E-state index contributed by atoms with van der Waals surface area (Å²) in [4.78, 5) is 24.8. The first-order chi connectivity index (χ1) is 8.06. The SMILES string of the molecule is COc1ccc(N2C(=O)[C@@H](C)[C@H]2C(C)=O)cc1. The molecule has 1 aromatic carbocycles. The molecule has 1 saturated heterocycles. The zero-order chi connectivity index (χ0) is 12.6. The number of methoxy groups -OCH3 is 1. The van der Waals surface area contributed by atoms with Gasteiger partial charge >= 0.3 is 0 Å². The summed E-state index contributed by atoms with van der Waals surface area (Å²) in [7, 11) is 1.59. The van der Waals surface area contributed by atoms with E-state index < -0.39 is 0 Å². The van der Waals surface area contributed by atoms with Gasteiger partial charge in [-0.3, -0.25) is 9.59 Å². The van der Waals surface area contributed by atoms with E-state index in [1.165, 1.54) is 6.92 Å². The lowest BCUT2D eigenvalue weighted by Crippen LogP contribution is -2.63. The lowest BCUT2D eigenvalue weighted by atomic mass is 9.86. The minimum atomic E-state index is -0.323. The van der Waals surface area contributed by atoms with E-state index in [1.54, 1.807) is 43.2 Å². The second-order valence-electron chi connectivity index (χ2n) is 4.25. The van der Waals surface area contributed by atoms with Crippen molar-refractivity contribution in [2.24, 2.45) is 5.92 Å². The Kier molecular flexibility index (Phi) is 2.88. The number of ketones is 1. The van der Waals surface area contributed by atoms with Crippen LogP contribution in [0.2, 0.25) is 0 Å². The number of ether oxygens (including phenoxy) is 1. The third-order valence-electron chi connectivity index (χ3n) is 3.15. The van der Waals surface area contributed by atoms with Crippen LogP contribution in [0.3, 0.4) is 0 Å². The predicted octanol–water partition coefficient (Wildman–Crippen LogP) is 1.64. The Hall–Kier alpha value is -1.84. The minimum Gasteiger partial charge on any atom is -0.497 e. The number of carbonyl (C=O) groups is 2. The molecule has 2 atom stereocenters. The summed E-state index contributed by atoms with van der Waals surface area (Å²) in [5.74, 6) is 0.534. The van der Waals surface area contributed by atoms with Crippen LogP contribution in [0.5, 0.6) is 5.75 Å². The molecule has 0 saturated carbocycles. The fourth-order valence-corrected chi connectivity index (χ4v) is 2.20. The standard InChI is InChI=1S/C13H15NO3/c1-8-12(9(2)15)14(13(8)16)10-4-6-11(17-3)7-5-10/h4-8,12H,1-3H3/t8-,12-/m0/s1. The van der Waals surface area contributed by atoms with Crippen molar-refractivity contribution in [3.05, 3.63) is 24.3 Å². The van der Waals surface area contributed by atoms with E-state index in [4.69, 9.17) is 4.74 Å². The van der Waals surface area contributed by atoms with Crippen LogP contribution in [0.4, 0.5) is 5.69 Å². The summed E-state index contributed by atoms with van der Waals surface area (Å²) in [6, 6.07) is 6.82. The van der Waals surface area contributed by atoms with E-state index in [0.29, 0.717) is 0 Å². The molecule has 1 aromatic rings. The Bertz CT molecular complexity index is 452. The van der Waals surface area contributed by atoms with Gasteiger partial charge in [0.1, 0.15) is 11.8 Å². The zero-order valence-electron chi connectivity index (χ0n) is 10.1. The van der Waals surface area contributed by atoms with Crippen molar-refractivity contribution in [3.63, 3.8) is 0 Å². The molecule has 0 spiro atoms. The molecule has 1 aliphatic rings. The predicted molar refractivity (Wildman–Crippen MR) is 64.1 cm³/mol. The summed E-state index contributed by atoms with van der Waals surface area (Å²) < 4.78 is 5.05. The summed E-state index contributed by atoms with van der Waals surface area (Å²) in [5, 5.41) is 0. The topological polar surface area (TPSA) is 46.6 Å². The van der Waals surface area contributed by atoms with Crippen molar-refractivity contribution < 1.29 is 14.3 Å². The van der Waals surface area contributed by atoms with Crippen LogP contribution in [-0.4, -0.2) is 24.8 Å². The highest BCUT2D eigenvalue weighted by atomic mass is 16.5. The highest BCUT2D eigenvalue weighted by molar-refractivity contribution is 6.11. The molecule has 0 bridgehead atoms. The molecule has 0 aliphatic carbocycles. The number of carbonyl (C=O) groups excluding carboxylic acids is 2. The van der Waals surface area contributed by atoms with E-state index >= 15 is 0 Å². The van der Waals surface area contributed by atoms with Crippen LogP contribution < -0.4 is 9.64 Å². The lowest BCUT2D eigenvalue weighted by Gasteiger charge is -2.44. The molecule has 0 radical (unpaired) electrons. The number of rotatable bonds is 3. The first kappa shape index (κ1) is 11.6. The van der Waals surface area contributed by atoms with Gasteiger partial charge in [-0.15, -0.1) is 0 Å². The lowest BCUT2D eigenvalue weighted by molar-refractivity contribution is -0.136. The molecule has 4 heteroatoms. The number of β-lactam (4-membered cyclic amide) rings is 1. The van der Waals surface area contributed by atoms with Crippen LogP contribution in [0, 0.1) is 5.92 Å². The van der Waals surface area contributed by atoms with Crippen LogP contribution in [0.1, 0.15) is 13.8 Å². The maximum absolute atomic E-state index is 11.8. The molecule has 1 aliphatic heterocycles. The van der Waals surface area contributed by atoms with Gasteiger partial charge in [-0.2, -0.15) is 0 Å². The van der Waals surface area contributed by atoms with Crippen LogP contribution in [0.15, 0.2) is 24.3 Å². The highest BCUT2D eigenvalue weighted by Crippen LogP contribution is 2.33. The Morgan fingerprint density at radius 2 is 1.88 bits per heavy atom. The van der Waals surface area contributed by atoms with Gasteiger partial charge < -0.3 is 9.64 Å². The Morgan fingerprint density at radius 3 is 2.35 bits per heavy atom. The Labute approximate surface area is 100 Å². The molecular weight excluding hydrogens is 218 g/mol. The fourth-order valence-electron chi connectivity index (χ4n) is 2.20. The number of hydrogen-bond acceptors (Lipinski definition) is 3. The Balaban J connectivity index is 2.26.